The molecule has 0 aliphatic rings. The largest absolute Gasteiger partial charge is 0.490 e. The number of rotatable bonds is 7. The third-order valence-corrected chi connectivity index (χ3v) is 2.83. The first-order valence-electron chi connectivity index (χ1n) is 5.87. The van der Waals surface area contributed by atoms with Crippen LogP contribution >= 0.6 is 0 Å². The van der Waals surface area contributed by atoms with Gasteiger partial charge in [-0.3, -0.25) is 4.99 Å². The molecule has 1 atom stereocenters. The Balaban J connectivity index is 4.82. The van der Waals surface area contributed by atoms with Gasteiger partial charge in [-0.1, -0.05) is 13.5 Å². The Morgan fingerprint density at radius 1 is 1.41 bits per heavy atom. The van der Waals surface area contributed by atoms with Gasteiger partial charge in [0.05, 0.1) is 5.60 Å². The van der Waals surface area contributed by atoms with Crippen LogP contribution in [0.15, 0.2) is 28.5 Å². The molecule has 0 aliphatic heterocycles. The van der Waals surface area contributed by atoms with Crippen molar-refractivity contribution in [1.29, 1.82) is 0 Å². The molecule has 3 nitrogen and oxygen atoms in total. The van der Waals surface area contributed by atoms with Crippen molar-refractivity contribution in [3.63, 3.8) is 0 Å². The minimum absolute atomic E-state index is 0.260. The van der Waals surface area contributed by atoms with Gasteiger partial charge >= 0.3 is 0 Å². The van der Waals surface area contributed by atoms with Gasteiger partial charge in [0.15, 0.2) is 0 Å². The maximum atomic E-state index is 5.83. The molecule has 0 N–H and O–H groups in total. The molecule has 0 saturated carbocycles. The van der Waals surface area contributed by atoms with Crippen LogP contribution in [0.1, 0.15) is 34.1 Å². The van der Waals surface area contributed by atoms with E-state index in [-0.39, 0.29) is 5.60 Å². The normalized spacial score (nSPS) is 16.6. The summed E-state index contributed by atoms with van der Waals surface area (Å²) in [5.41, 5.74) is 1.62. The van der Waals surface area contributed by atoms with Crippen LogP contribution in [0.4, 0.5) is 0 Å². The molecule has 0 saturated heterocycles. The fraction of sp³-hybridized carbons (Fsp3) is 0.643. The lowest BCUT2D eigenvalue weighted by Gasteiger charge is -2.27. The van der Waals surface area contributed by atoms with Crippen LogP contribution in [0.25, 0.3) is 0 Å². The maximum absolute atomic E-state index is 5.83. The molecule has 0 aromatic carbocycles. The van der Waals surface area contributed by atoms with Crippen molar-refractivity contribution in [2.24, 2.45) is 4.99 Å². The van der Waals surface area contributed by atoms with Crippen molar-refractivity contribution < 1.29 is 9.47 Å². The molecule has 0 heterocycles. The second kappa shape index (κ2) is 7.28. The highest BCUT2D eigenvalue weighted by atomic mass is 16.5. The first kappa shape index (κ1) is 15.9. The fourth-order valence-corrected chi connectivity index (χ4v) is 1.36. The molecular weight excluding hydrogens is 214 g/mol. The first-order valence-corrected chi connectivity index (χ1v) is 5.87. The number of hydrogen-bond acceptors (Lipinski definition) is 3. The Morgan fingerprint density at radius 3 is 2.35 bits per heavy atom. The van der Waals surface area contributed by atoms with E-state index >= 15 is 0 Å². The number of ether oxygens (including phenoxy) is 2. The van der Waals surface area contributed by atoms with Gasteiger partial charge in [0.1, 0.15) is 12.4 Å². The van der Waals surface area contributed by atoms with E-state index in [9.17, 15) is 0 Å². The highest BCUT2D eigenvalue weighted by Crippen LogP contribution is 2.20. The lowest BCUT2D eigenvalue weighted by molar-refractivity contribution is -0.0483. The zero-order chi connectivity index (χ0) is 13.5. The zero-order valence-electron chi connectivity index (χ0n) is 12.0. The van der Waals surface area contributed by atoms with E-state index in [1.807, 2.05) is 20.8 Å². The lowest BCUT2D eigenvalue weighted by Crippen LogP contribution is -2.32. The van der Waals surface area contributed by atoms with Gasteiger partial charge in [-0.25, -0.2) is 0 Å². The van der Waals surface area contributed by atoms with Crippen LogP contribution in [0.2, 0.25) is 0 Å². The van der Waals surface area contributed by atoms with Crippen molar-refractivity contribution >= 4 is 6.21 Å². The van der Waals surface area contributed by atoms with Crippen molar-refractivity contribution in [2.45, 2.75) is 39.7 Å². The van der Waals surface area contributed by atoms with Gasteiger partial charge in [-0.15, -0.1) is 0 Å². The number of methoxy groups -OCH3 is 1. The molecule has 0 amide bonds. The van der Waals surface area contributed by atoms with E-state index in [0.717, 1.165) is 23.3 Å². The summed E-state index contributed by atoms with van der Waals surface area (Å²) in [5.74, 6) is 0.798. The van der Waals surface area contributed by atoms with Gasteiger partial charge in [-0.2, -0.15) is 0 Å². The lowest BCUT2D eigenvalue weighted by atomic mass is 10.1. The summed E-state index contributed by atoms with van der Waals surface area (Å²) >= 11 is 0. The summed E-state index contributed by atoms with van der Waals surface area (Å²) < 4.78 is 11.3. The SMILES string of the molecule is C=C(C)/C(OCC(C)(CC)OC)=C(/C)C=NC. The minimum atomic E-state index is -0.260. The van der Waals surface area contributed by atoms with Crippen molar-refractivity contribution in [3.8, 4) is 0 Å². The summed E-state index contributed by atoms with van der Waals surface area (Å²) in [6, 6.07) is 0. The second-order valence-electron chi connectivity index (χ2n) is 4.48. The van der Waals surface area contributed by atoms with Crippen LogP contribution in [-0.4, -0.2) is 32.6 Å². The maximum Gasteiger partial charge on any atom is 0.126 e. The van der Waals surface area contributed by atoms with Crippen LogP contribution < -0.4 is 0 Å². The summed E-state index contributed by atoms with van der Waals surface area (Å²) in [4.78, 5) is 3.99. The molecule has 98 valence electrons. The summed E-state index contributed by atoms with van der Waals surface area (Å²) in [7, 11) is 3.45. The first-order chi connectivity index (χ1) is 7.90. The highest BCUT2D eigenvalue weighted by molar-refractivity contribution is 5.79. The monoisotopic (exact) mass is 239 g/mol. The predicted octanol–water partition coefficient (Wildman–Crippen LogP) is 3.37. The van der Waals surface area contributed by atoms with Gasteiger partial charge in [0.2, 0.25) is 0 Å². The Hall–Kier alpha value is -1.09. The molecule has 0 rings (SSSR count). The number of nitrogens with zero attached hydrogens (tertiary/aromatic N) is 1. The molecular formula is C14H25NO2. The minimum Gasteiger partial charge on any atom is -0.490 e. The van der Waals surface area contributed by atoms with Gasteiger partial charge in [0, 0.05) is 25.9 Å². The van der Waals surface area contributed by atoms with Gasteiger partial charge in [-0.05, 0) is 32.8 Å². The number of allylic oxidation sites excluding steroid dienone is 2. The van der Waals surface area contributed by atoms with E-state index in [4.69, 9.17) is 9.47 Å². The van der Waals surface area contributed by atoms with Crippen LogP contribution in [0, 0.1) is 0 Å². The zero-order valence-corrected chi connectivity index (χ0v) is 12.0. The van der Waals surface area contributed by atoms with Crippen LogP contribution in [0.5, 0.6) is 0 Å². The predicted molar refractivity (Wildman–Crippen MR) is 73.6 cm³/mol. The van der Waals surface area contributed by atoms with Crippen molar-refractivity contribution in [2.75, 3.05) is 20.8 Å². The molecule has 1 unspecified atom stereocenters. The Bertz CT molecular complexity index is 312. The highest BCUT2D eigenvalue weighted by Gasteiger charge is 2.22. The van der Waals surface area contributed by atoms with Gasteiger partial charge < -0.3 is 9.47 Å². The molecule has 0 spiro atoms. The third-order valence-electron chi connectivity index (χ3n) is 2.83. The smallest absolute Gasteiger partial charge is 0.126 e. The molecule has 17 heavy (non-hydrogen) atoms. The summed E-state index contributed by atoms with van der Waals surface area (Å²) in [6.07, 6.45) is 2.67. The average molecular weight is 239 g/mol. The standard InChI is InChI=1S/C14H25NO2/c1-8-14(5,16-7)10-17-13(11(2)3)12(4)9-15-6/h9H,2,8,10H2,1,3-7H3/b13-12+,15-9?. The topological polar surface area (TPSA) is 30.8 Å². The summed E-state index contributed by atoms with van der Waals surface area (Å²) in [6.45, 7) is 12.4. The number of hydrogen-bond donors (Lipinski definition) is 0. The quantitative estimate of drug-likeness (QED) is 0.387. The fourth-order valence-electron chi connectivity index (χ4n) is 1.36. The van der Waals surface area contributed by atoms with E-state index < -0.39 is 0 Å². The van der Waals surface area contributed by atoms with E-state index in [2.05, 4.69) is 18.5 Å². The van der Waals surface area contributed by atoms with E-state index in [1.165, 1.54) is 0 Å². The van der Waals surface area contributed by atoms with E-state index in [0.29, 0.717) is 6.61 Å². The molecule has 0 bridgehead atoms. The average Bonchev–Trinajstić information content (AvgIpc) is 2.29. The Labute approximate surface area is 105 Å². The number of aliphatic imine (C=N–C) groups is 1. The van der Waals surface area contributed by atoms with Crippen LogP contribution in [-0.2, 0) is 9.47 Å². The van der Waals surface area contributed by atoms with Gasteiger partial charge in [0.25, 0.3) is 0 Å². The molecule has 0 aromatic heterocycles. The molecule has 0 aromatic rings. The molecule has 0 radical (unpaired) electrons. The Kier molecular flexibility index (Phi) is 6.81. The third kappa shape index (κ3) is 5.18. The summed E-state index contributed by atoms with van der Waals surface area (Å²) in [5, 5.41) is 0. The molecule has 0 aliphatic carbocycles. The van der Waals surface area contributed by atoms with Crippen molar-refractivity contribution in [3.05, 3.63) is 23.5 Å². The van der Waals surface area contributed by atoms with E-state index in [1.54, 1.807) is 20.4 Å². The van der Waals surface area contributed by atoms with Crippen LogP contribution in [0.3, 0.4) is 0 Å². The molecule has 3 heteroatoms. The van der Waals surface area contributed by atoms with Crippen molar-refractivity contribution in [1.82, 2.24) is 0 Å². The Morgan fingerprint density at radius 2 is 2.00 bits per heavy atom. The second-order valence-corrected chi connectivity index (χ2v) is 4.48. The molecule has 0 fully saturated rings.